The molecular weight excluding hydrogens is 286 g/mol. The van der Waals surface area contributed by atoms with Crippen molar-refractivity contribution in [3.05, 3.63) is 29.8 Å². The van der Waals surface area contributed by atoms with Gasteiger partial charge in [0.1, 0.15) is 18.5 Å². The fourth-order valence-corrected chi connectivity index (χ4v) is 3.69. The minimum Gasteiger partial charge on any atom is -0.491 e. The number of aliphatic hydroxyl groups is 1. The van der Waals surface area contributed by atoms with E-state index in [-0.39, 0.29) is 5.41 Å². The molecule has 0 aliphatic carbocycles. The Hall–Kier alpha value is -1.06. The molecule has 0 radical (unpaired) electrons. The Labute approximate surface area is 141 Å². The number of aliphatic hydroxyl groups excluding tert-OH is 1. The fraction of sp³-hybridized carbons (Fsp3) is 0.700. The molecule has 0 saturated carbocycles. The SMILES string of the molecule is CC1CC(C)CN(CC(O)COc2ccccc2C(C)(C)C)C1. The molecule has 1 N–H and O–H groups in total. The molecule has 1 saturated heterocycles. The Balaban J connectivity index is 1.89. The number of para-hydroxylation sites is 1. The number of β-amino-alcohol motifs (C(OH)–C–C–N with tert-alkyl or cyclic N) is 1. The average Bonchev–Trinajstić information content (AvgIpc) is 2.43. The van der Waals surface area contributed by atoms with Gasteiger partial charge in [-0.3, -0.25) is 0 Å². The van der Waals surface area contributed by atoms with E-state index < -0.39 is 6.10 Å². The summed E-state index contributed by atoms with van der Waals surface area (Å²) in [6, 6.07) is 8.14. The van der Waals surface area contributed by atoms with Crippen LogP contribution in [0.4, 0.5) is 0 Å². The standard InChI is InChI=1S/C20H33NO2/c1-15-10-16(2)12-21(11-15)13-17(22)14-23-19-9-7-6-8-18(19)20(3,4)5/h6-9,15-17,22H,10-14H2,1-5H3. The van der Waals surface area contributed by atoms with Gasteiger partial charge in [0.25, 0.3) is 0 Å². The van der Waals surface area contributed by atoms with Gasteiger partial charge in [0.2, 0.25) is 0 Å². The maximum Gasteiger partial charge on any atom is 0.123 e. The van der Waals surface area contributed by atoms with Crippen LogP contribution >= 0.6 is 0 Å². The summed E-state index contributed by atoms with van der Waals surface area (Å²) >= 11 is 0. The summed E-state index contributed by atoms with van der Waals surface area (Å²) in [6.45, 7) is 14.4. The molecule has 0 bridgehead atoms. The molecule has 3 unspecified atom stereocenters. The number of ether oxygens (including phenoxy) is 1. The Morgan fingerprint density at radius 3 is 2.39 bits per heavy atom. The van der Waals surface area contributed by atoms with E-state index in [1.807, 2.05) is 18.2 Å². The highest BCUT2D eigenvalue weighted by Crippen LogP contribution is 2.31. The summed E-state index contributed by atoms with van der Waals surface area (Å²) in [6.07, 6.45) is 0.850. The monoisotopic (exact) mass is 319 g/mol. The lowest BCUT2D eigenvalue weighted by atomic mass is 9.86. The predicted octanol–water partition coefficient (Wildman–Crippen LogP) is 3.70. The second kappa shape index (κ2) is 7.67. The van der Waals surface area contributed by atoms with Crippen molar-refractivity contribution in [3.63, 3.8) is 0 Å². The van der Waals surface area contributed by atoms with E-state index in [0.717, 1.165) is 18.8 Å². The molecule has 130 valence electrons. The van der Waals surface area contributed by atoms with Gasteiger partial charge >= 0.3 is 0 Å². The maximum atomic E-state index is 10.4. The number of nitrogens with zero attached hydrogens (tertiary/aromatic N) is 1. The van der Waals surface area contributed by atoms with E-state index in [4.69, 9.17) is 4.74 Å². The molecule has 0 spiro atoms. The van der Waals surface area contributed by atoms with Crippen LogP contribution in [0.2, 0.25) is 0 Å². The van der Waals surface area contributed by atoms with E-state index in [9.17, 15) is 5.11 Å². The topological polar surface area (TPSA) is 32.7 Å². The van der Waals surface area contributed by atoms with Crippen LogP contribution in [0, 0.1) is 11.8 Å². The summed E-state index contributed by atoms with van der Waals surface area (Å²) in [5.74, 6) is 2.32. The second-order valence-electron chi connectivity index (χ2n) is 8.38. The van der Waals surface area contributed by atoms with E-state index >= 15 is 0 Å². The lowest BCUT2D eigenvalue weighted by Crippen LogP contribution is -2.44. The van der Waals surface area contributed by atoms with E-state index in [0.29, 0.717) is 25.0 Å². The van der Waals surface area contributed by atoms with Crippen LogP contribution in [0.5, 0.6) is 5.75 Å². The van der Waals surface area contributed by atoms with Gasteiger partial charge in [0.15, 0.2) is 0 Å². The van der Waals surface area contributed by atoms with Gasteiger partial charge in [-0.05, 0) is 35.3 Å². The van der Waals surface area contributed by atoms with Gasteiger partial charge in [0, 0.05) is 19.6 Å². The molecule has 3 heteroatoms. The number of hydrogen-bond acceptors (Lipinski definition) is 3. The van der Waals surface area contributed by atoms with Gasteiger partial charge in [-0.15, -0.1) is 0 Å². The number of piperidine rings is 1. The molecule has 1 aromatic rings. The first-order valence-corrected chi connectivity index (χ1v) is 8.88. The largest absolute Gasteiger partial charge is 0.491 e. The molecule has 1 aliphatic heterocycles. The number of hydrogen-bond donors (Lipinski definition) is 1. The quantitative estimate of drug-likeness (QED) is 0.898. The van der Waals surface area contributed by atoms with Crippen LogP contribution < -0.4 is 4.74 Å². The van der Waals surface area contributed by atoms with Gasteiger partial charge < -0.3 is 14.7 Å². The van der Waals surface area contributed by atoms with Crippen LogP contribution in [0.15, 0.2) is 24.3 Å². The molecule has 23 heavy (non-hydrogen) atoms. The highest BCUT2D eigenvalue weighted by Gasteiger charge is 2.24. The Kier molecular flexibility index (Phi) is 6.10. The molecule has 1 aromatic carbocycles. The van der Waals surface area contributed by atoms with Crippen LogP contribution in [-0.4, -0.2) is 42.4 Å². The molecule has 0 amide bonds. The van der Waals surface area contributed by atoms with Crippen LogP contribution in [-0.2, 0) is 5.41 Å². The lowest BCUT2D eigenvalue weighted by molar-refractivity contribution is 0.0424. The first-order valence-electron chi connectivity index (χ1n) is 8.88. The van der Waals surface area contributed by atoms with Crippen molar-refractivity contribution in [2.24, 2.45) is 11.8 Å². The third-order valence-corrected chi connectivity index (χ3v) is 4.54. The van der Waals surface area contributed by atoms with Crippen LogP contribution in [0.3, 0.4) is 0 Å². The minimum absolute atomic E-state index is 0.0410. The van der Waals surface area contributed by atoms with Gasteiger partial charge in [-0.2, -0.15) is 0 Å². The van der Waals surface area contributed by atoms with Crippen LogP contribution in [0.25, 0.3) is 0 Å². The summed E-state index contributed by atoms with van der Waals surface area (Å²) < 4.78 is 5.94. The minimum atomic E-state index is -0.444. The highest BCUT2D eigenvalue weighted by molar-refractivity contribution is 5.38. The molecule has 2 rings (SSSR count). The smallest absolute Gasteiger partial charge is 0.123 e. The Morgan fingerprint density at radius 1 is 1.17 bits per heavy atom. The average molecular weight is 319 g/mol. The molecule has 3 atom stereocenters. The molecule has 0 aromatic heterocycles. The summed E-state index contributed by atoms with van der Waals surface area (Å²) in [5.41, 5.74) is 1.23. The van der Waals surface area contributed by atoms with Crippen molar-refractivity contribution in [2.45, 2.75) is 52.6 Å². The van der Waals surface area contributed by atoms with Crippen molar-refractivity contribution in [1.82, 2.24) is 4.90 Å². The van der Waals surface area contributed by atoms with E-state index in [2.05, 4.69) is 45.6 Å². The molecule has 1 fully saturated rings. The van der Waals surface area contributed by atoms with Gasteiger partial charge in [-0.25, -0.2) is 0 Å². The summed E-state index contributed by atoms with van der Waals surface area (Å²) in [4.78, 5) is 2.38. The van der Waals surface area contributed by atoms with Crippen molar-refractivity contribution < 1.29 is 9.84 Å². The zero-order valence-electron chi connectivity index (χ0n) is 15.4. The molecule has 1 heterocycles. The maximum absolute atomic E-state index is 10.4. The van der Waals surface area contributed by atoms with Crippen molar-refractivity contribution in [3.8, 4) is 5.75 Å². The number of benzene rings is 1. The number of rotatable bonds is 5. The molecular formula is C20H33NO2. The fourth-order valence-electron chi connectivity index (χ4n) is 3.69. The van der Waals surface area contributed by atoms with Crippen molar-refractivity contribution in [1.29, 1.82) is 0 Å². The second-order valence-corrected chi connectivity index (χ2v) is 8.38. The third kappa shape index (κ3) is 5.50. The first-order chi connectivity index (χ1) is 10.8. The molecule has 3 nitrogen and oxygen atoms in total. The van der Waals surface area contributed by atoms with E-state index in [1.165, 1.54) is 12.0 Å². The first kappa shape index (κ1) is 18.3. The van der Waals surface area contributed by atoms with Crippen molar-refractivity contribution >= 4 is 0 Å². The van der Waals surface area contributed by atoms with Gasteiger partial charge in [0.05, 0.1) is 0 Å². The zero-order chi connectivity index (χ0) is 17.0. The van der Waals surface area contributed by atoms with Gasteiger partial charge in [-0.1, -0.05) is 52.8 Å². The third-order valence-electron chi connectivity index (χ3n) is 4.54. The Morgan fingerprint density at radius 2 is 1.78 bits per heavy atom. The summed E-state index contributed by atoms with van der Waals surface area (Å²) in [5, 5.41) is 10.4. The van der Waals surface area contributed by atoms with E-state index in [1.54, 1.807) is 0 Å². The molecule has 1 aliphatic rings. The zero-order valence-corrected chi connectivity index (χ0v) is 15.4. The summed E-state index contributed by atoms with van der Waals surface area (Å²) in [7, 11) is 0. The Bertz CT molecular complexity index is 485. The van der Waals surface area contributed by atoms with Crippen molar-refractivity contribution in [2.75, 3.05) is 26.2 Å². The van der Waals surface area contributed by atoms with Crippen LogP contribution in [0.1, 0.15) is 46.6 Å². The normalized spacial score (nSPS) is 24.4. The lowest BCUT2D eigenvalue weighted by Gasteiger charge is -2.36. The predicted molar refractivity (Wildman–Crippen MR) is 96.0 cm³/mol. The highest BCUT2D eigenvalue weighted by atomic mass is 16.5. The number of likely N-dealkylation sites (tertiary alicyclic amines) is 1.